The normalized spacial score (nSPS) is 15.2. The number of amides is 1. The topological polar surface area (TPSA) is 135 Å². The summed E-state index contributed by atoms with van der Waals surface area (Å²) in [5, 5.41) is 10.7. The molecule has 1 fully saturated rings. The van der Waals surface area contributed by atoms with Gasteiger partial charge in [0.25, 0.3) is 5.54 Å². The van der Waals surface area contributed by atoms with Gasteiger partial charge in [0.2, 0.25) is 11.9 Å². The van der Waals surface area contributed by atoms with Crippen molar-refractivity contribution in [2.24, 2.45) is 7.05 Å². The Bertz CT molecular complexity index is 1580. The van der Waals surface area contributed by atoms with Gasteiger partial charge in [-0.2, -0.15) is 10.1 Å². The van der Waals surface area contributed by atoms with Crippen LogP contribution in [0.3, 0.4) is 0 Å². The van der Waals surface area contributed by atoms with Crippen molar-refractivity contribution < 1.29 is 19.0 Å². The summed E-state index contributed by atoms with van der Waals surface area (Å²) in [6.07, 6.45) is 3.90. The summed E-state index contributed by atoms with van der Waals surface area (Å²) in [4.78, 5) is 28.4. The highest BCUT2D eigenvalue weighted by molar-refractivity contribution is 5.88. The molecule has 4 aromatic heterocycles. The Morgan fingerprint density at radius 2 is 2.10 bits per heavy atom. The van der Waals surface area contributed by atoms with Gasteiger partial charge in [-0.15, -0.1) is 0 Å². The van der Waals surface area contributed by atoms with E-state index >= 15 is 0 Å². The van der Waals surface area contributed by atoms with E-state index in [1.807, 2.05) is 31.6 Å². The number of imidazole rings is 1. The van der Waals surface area contributed by atoms with Crippen LogP contribution in [-0.2, 0) is 22.1 Å². The molecule has 1 saturated heterocycles. The van der Waals surface area contributed by atoms with Gasteiger partial charge in [-0.25, -0.2) is 16.5 Å². The summed E-state index contributed by atoms with van der Waals surface area (Å²) in [6.45, 7) is 14.1. The number of hydrogen-bond donors (Lipinski definition) is 2. The van der Waals surface area contributed by atoms with Crippen LogP contribution in [0.2, 0.25) is 0 Å². The van der Waals surface area contributed by atoms with Crippen LogP contribution in [0.4, 0.5) is 17.6 Å². The summed E-state index contributed by atoms with van der Waals surface area (Å²) in [5.41, 5.74) is 1.10. The van der Waals surface area contributed by atoms with Gasteiger partial charge in [0.15, 0.2) is 23.0 Å². The first-order chi connectivity index (χ1) is 18.7. The molecule has 1 aliphatic heterocycles. The Kier molecular flexibility index (Phi) is 6.80. The van der Waals surface area contributed by atoms with E-state index in [0.29, 0.717) is 59.2 Å². The minimum atomic E-state index is -0.758. The van der Waals surface area contributed by atoms with Crippen LogP contribution in [0.1, 0.15) is 38.9 Å². The molecule has 13 nitrogen and oxygen atoms in total. The largest absolute Gasteiger partial charge is 0.491 e. The lowest BCUT2D eigenvalue weighted by Gasteiger charge is -2.17. The van der Waals surface area contributed by atoms with Crippen LogP contribution in [0.15, 0.2) is 30.6 Å². The molecule has 1 amide bonds. The van der Waals surface area contributed by atoms with Crippen molar-refractivity contribution in [1.29, 1.82) is 0 Å². The average Bonchev–Trinajstić information content (AvgIpc) is 3.64. The number of nitrogens with one attached hydrogen (secondary N) is 2. The monoisotopic (exact) mass is 531 g/mol. The van der Waals surface area contributed by atoms with E-state index in [-0.39, 0.29) is 11.9 Å². The maximum Gasteiger partial charge on any atom is 0.268 e. The SMILES string of the molecule is [C-]#[N+]C(C)(C)c1cc(Nc2nc3ncc(Oc4ccnc(NC(C)=O)c4)c(OC)c3n2C)nn1[C@@H]1CCOC1. The van der Waals surface area contributed by atoms with Crippen LogP contribution in [-0.4, -0.2) is 55.5 Å². The third-order valence-electron chi connectivity index (χ3n) is 6.42. The Labute approximate surface area is 224 Å². The number of carbonyl (C=O) groups is 1. The third-order valence-corrected chi connectivity index (χ3v) is 6.42. The van der Waals surface area contributed by atoms with Gasteiger partial charge in [0.05, 0.1) is 26.0 Å². The number of nitrogens with zero attached hydrogens (tertiary/aromatic N) is 7. The Morgan fingerprint density at radius 1 is 1.28 bits per heavy atom. The average molecular weight is 532 g/mol. The predicted molar refractivity (Wildman–Crippen MR) is 143 cm³/mol. The van der Waals surface area contributed by atoms with Crippen LogP contribution < -0.4 is 20.1 Å². The first kappa shape index (κ1) is 25.9. The van der Waals surface area contributed by atoms with Gasteiger partial charge >= 0.3 is 0 Å². The first-order valence-corrected chi connectivity index (χ1v) is 12.3. The smallest absolute Gasteiger partial charge is 0.268 e. The standard InChI is InChI=1S/C26H29N9O4/c1-15(36)30-20-11-17(7-9-28-20)39-18-13-29-24-22(23(18)37-6)34(5)25(32-24)31-21-12-19(26(2,3)27-4)35(33-21)16-8-10-38-14-16/h7,9,11-13,16H,8,10,14H2,1-3,5-6H3,(H,28,30,36)(H,29,31,32,33)/t16-/m1/s1. The van der Waals surface area contributed by atoms with Crippen molar-refractivity contribution in [3.8, 4) is 17.2 Å². The molecule has 202 valence electrons. The predicted octanol–water partition coefficient (Wildman–Crippen LogP) is 4.18. The number of methoxy groups -OCH3 is 1. The zero-order chi connectivity index (χ0) is 27.7. The highest BCUT2D eigenvalue weighted by atomic mass is 16.5. The molecule has 1 atom stereocenters. The number of rotatable bonds is 8. The lowest BCUT2D eigenvalue weighted by Crippen LogP contribution is -2.22. The van der Waals surface area contributed by atoms with Gasteiger partial charge in [0.1, 0.15) is 22.8 Å². The summed E-state index contributed by atoms with van der Waals surface area (Å²) in [7, 11) is 3.37. The van der Waals surface area contributed by atoms with Gasteiger partial charge in [-0.05, 0) is 12.5 Å². The Hall–Kier alpha value is -4.70. The highest BCUT2D eigenvalue weighted by Crippen LogP contribution is 2.39. The molecule has 13 heteroatoms. The molecular weight excluding hydrogens is 502 g/mol. The van der Waals surface area contributed by atoms with Gasteiger partial charge < -0.3 is 34.3 Å². The van der Waals surface area contributed by atoms with Crippen LogP contribution in [0.5, 0.6) is 17.2 Å². The van der Waals surface area contributed by atoms with Crippen LogP contribution in [0, 0.1) is 6.57 Å². The molecule has 0 unspecified atom stereocenters. The Balaban J connectivity index is 1.48. The summed E-state index contributed by atoms with van der Waals surface area (Å²) in [5.74, 6) is 2.43. The van der Waals surface area contributed by atoms with Crippen molar-refractivity contribution >= 4 is 34.7 Å². The second-order valence-electron chi connectivity index (χ2n) is 9.65. The number of anilines is 3. The van der Waals surface area contributed by atoms with E-state index in [9.17, 15) is 4.79 Å². The molecule has 39 heavy (non-hydrogen) atoms. The quantitative estimate of drug-likeness (QED) is 0.321. The Morgan fingerprint density at radius 3 is 2.79 bits per heavy atom. The number of aromatic nitrogens is 6. The number of ether oxygens (including phenoxy) is 3. The van der Waals surface area contributed by atoms with E-state index in [0.717, 1.165) is 12.1 Å². The van der Waals surface area contributed by atoms with E-state index < -0.39 is 5.54 Å². The molecule has 2 N–H and O–H groups in total. The molecule has 0 radical (unpaired) electrons. The third kappa shape index (κ3) is 5.06. The van der Waals surface area contributed by atoms with Gasteiger partial charge in [-0.3, -0.25) is 9.48 Å². The maximum atomic E-state index is 11.4. The fourth-order valence-corrected chi connectivity index (χ4v) is 4.43. The molecule has 5 rings (SSSR count). The second-order valence-corrected chi connectivity index (χ2v) is 9.65. The molecule has 4 aromatic rings. The van der Waals surface area contributed by atoms with Gasteiger partial charge in [0, 0.05) is 52.8 Å². The molecule has 0 aromatic carbocycles. The van der Waals surface area contributed by atoms with E-state index in [1.54, 1.807) is 23.8 Å². The van der Waals surface area contributed by atoms with Crippen LogP contribution >= 0.6 is 0 Å². The van der Waals surface area contributed by atoms with Crippen LogP contribution in [0.25, 0.3) is 16.0 Å². The lowest BCUT2D eigenvalue weighted by atomic mass is 10.0. The second kappa shape index (κ2) is 10.2. The zero-order valence-corrected chi connectivity index (χ0v) is 22.3. The fraction of sp³-hybridized carbons (Fsp3) is 0.385. The lowest BCUT2D eigenvalue weighted by molar-refractivity contribution is -0.114. The fourth-order valence-electron chi connectivity index (χ4n) is 4.43. The minimum Gasteiger partial charge on any atom is -0.491 e. The number of carbonyl (C=O) groups excluding carboxylic acids is 1. The van der Waals surface area contributed by atoms with Crippen molar-refractivity contribution in [3.63, 3.8) is 0 Å². The number of fused-ring (bicyclic) bond motifs is 1. The van der Waals surface area contributed by atoms with E-state index in [2.05, 4.69) is 30.4 Å². The summed E-state index contributed by atoms with van der Waals surface area (Å²) >= 11 is 0. The van der Waals surface area contributed by atoms with E-state index in [1.165, 1.54) is 19.3 Å². The minimum absolute atomic E-state index is 0.0674. The molecule has 0 bridgehead atoms. The first-order valence-electron chi connectivity index (χ1n) is 12.3. The molecule has 0 saturated carbocycles. The highest BCUT2D eigenvalue weighted by Gasteiger charge is 2.35. The zero-order valence-electron chi connectivity index (χ0n) is 22.3. The van der Waals surface area contributed by atoms with Crippen molar-refractivity contribution in [2.75, 3.05) is 31.0 Å². The summed E-state index contributed by atoms with van der Waals surface area (Å²) in [6, 6.07) is 5.22. The molecule has 0 spiro atoms. The van der Waals surface area contributed by atoms with Gasteiger partial charge in [-0.1, -0.05) is 0 Å². The molecular formula is C26H29N9O4. The number of hydrogen-bond acceptors (Lipinski definition) is 9. The molecule has 0 aliphatic carbocycles. The maximum absolute atomic E-state index is 11.4. The molecule has 1 aliphatic rings. The van der Waals surface area contributed by atoms with E-state index in [4.69, 9.17) is 25.9 Å². The van der Waals surface area contributed by atoms with Crippen molar-refractivity contribution in [3.05, 3.63) is 47.7 Å². The number of aryl methyl sites for hydroxylation is 1. The van der Waals surface area contributed by atoms with Crippen molar-refractivity contribution in [2.45, 2.75) is 38.8 Å². The number of pyridine rings is 2. The molecule has 5 heterocycles. The summed E-state index contributed by atoms with van der Waals surface area (Å²) < 4.78 is 21.0. The van der Waals surface area contributed by atoms with Crippen molar-refractivity contribution in [1.82, 2.24) is 29.3 Å².